The van der Waals surface area contributed by atoms with Crippen LogP contribution in [0.15, 0.2) is 41.1 Å². The summed E-state index contributed by atoms with van der Waals surface area (Å²) >= 11 is 9.44. The maximum absolute atomic E-state index is 6.18. The van der Waals surface area contributed by atoms with E-state index in [-0.39, 0.29) is 0 Å². The number of nitrogen functional groups attached to an aromatic ring is 1. The zero-order valence-corrected chi connectivity index (χ0v) is 11.6. The standard InChI is InChI=1S/C13H9ClN2S2/c14-10-4-3-8(15)6-9(10)13-16-11(7-18-13)12-2-1-5-17-12/h1-7H,15H2. The Morgan fingerprint density at radius 1 is 1.17 bits per heavy atom. The summed E-state index contributed by atoms with van der Waals surface area (Å²) in [5.41, 5.74) is 8.37. The van der Waals surface area contributed by atoms with Gasteiger partial charge in [-0.25, -0.2) is 4.98 Å². The summed E-state index contributed by atoms with van der Waals surface area (Å²) in [4.78, 5) is 5.78. The number of thiophene rings is 1. The minimum Gasteiger partial charge on any atom is -0.399 e. The molecule has 0 aliphatic rings. The van der Waals surface area contributed by atoms with Crippen molar-refractivity contribution < 1.29 is 0 Å². The Hall–Kier alpha value is -1.36. The molecule has 0 bridgehead atoms. The fourth-order valence-corrected chi connectivity index (χ4v) is 3.52. The minimum atomic E-state index is 0.677. The minimum absolute atomic E-state index is 0.677. The number of thiazole rings is 1. The first kappa shape index (κ1) is 11.7. The molecule has 90 valence electrons. The van der Waals surface area contributed by atoms with E-state index < -0.39 is 0 Å². The van der Waals surface area contributed by atoms with Crippen LogP contribution in [0, 0.1) is 0 Å². The molecule has 0 amide bonds. The van der Waals surface area contributed by atoms with E-state index in [0.29, 0.717) is 10.7 Å². The van der Waals surface area contributed by atoms with Crippen LogP contribution in [0.2, 0.25) is 5.02 Å². The molecule has 1 aromatic carbocycles. The molecule has 0 radical (unpaired) electrons. The van der Waals surface area contributed by atoms with Gasteiger partial charge in [0, 0.05) is 16.6 Å². The maximum atomic E-state index is 6.18. The summed E-state index contributed by atoms with van der Waals surface area (Å²) in [6.45, 7) is 0. The van der Waals surface area contributed by atoms with Crippen molar-refractivity contribution in [2.45, 2.75) is 0 Å². The lowest BCUT2D eigenvalue weighted by molar-refractivity contribution is 1.42. The molecule has 18 heavy (non-hydrogen) atoms. The molecular formula is C13H9ClN2S2. The number of nitrogens with zero attached hydrogens (tertiary/aromatic N) is 1. The molecule has 2 heterocycles. The van der Waals surface area contributed by atoms with Gasteiger partial charge in [0.2, 0.25) is 0 Å². The van der Waals surface area contributed by atoms with Gasteiger partial charge in [-0.15, -0.1) is 22.7 Å². The Morgan fingerprint density at radius 3 is 2.83 bits per heavy atom. The van der Waals surface area contributed by atoms with Crippen molar-refractivity contribution in [3.8, 4) is 21.1 Å². The maximum Gasteiger partial charge on any atom is 0.125 e. The third-order valence-corrected chi connectivity index (χ3v) is 4.60. The van der Waals surface area contributed by atoms with E-state index in [9.17, 15) is 0 Å². The van der Waals surface area contributed by atoms with Crippen molar-refractivity contribution in [2.24, 2.45) is 0 Å². The molecule has 0 unspecified atom stereocenters. The molecule has 2 N–H and O–H groups in total. The summed E-state index contributed by atoms with van der Waals surface area (Å²) < 4.78 is 0. The second-order valence-electron chi connectivity index (χ2n) is 3.75. The highest BCUT2D eigenvalue weighted by atomic mass is 35.5. The second kappa shape index (κ2) is 4.72. The Bertz CT molecular complexity index is 674. The SMILES string of the molecule is Nc1ccc(Cl)c(-c2nc(-c3cccs3)cs2)c1. The van der Waals surface area contributed by atoms with Crippen LogP contribution in [0.25, 0.3) is 21.1 Å². The smallest absolute Gasteiger partial charge is 0.125 e. The molecule has 0 aliphatic carbocycles. The number of anilines is 1. The van der Waals surface area contributed by atoms with Crippen molar-refractivity contribution >= 4 is 40.0 Å². The van der Waals surface area contributed by atoms with Crippen LogP contribution in [0.3, 0.4) is 0 Å². The first-order valence-electron chi connectivity index (χ1n) is 5.29. The predicted molar refractivity (Wildman–Crippen MR) is 80.3 cm³/mol. The predicted octanol–water partition coefficient (Wildman–Crippen LogP) is 4.77. The van der Waals surface area contributed by atoms with E-state index in [0.717, 1.165) is 21.1 Å². The average Bonchev–Trinajstić information content (AvgIpc) is 3.00. The molecule has 0 atom stereocenters. The highest BCUT2D eigenvalue weighted by Gasteiger charge is 2.10. The molecule has 0 spiro atoms. The van der Waals surface area contributed by atoms with Crippen molar-refractivity contribution in [1.29, 1.82) is 0 Å². The first-order chi connectivity index (χ1) is 8.74. The Balaban J connectivity index is 2.05. The van der Waals surface area contributed by atoms with Gasteiger partial charge in [-0.2, -0.15) is 0 Å². The molecule has 0 aliphatic heterocycles. The van der Waals surface area contributed by atoms with Crippen molar-refractivity contribution in [1.82, 2.24) is 4.98 Å². The number of nitrogens with two attached hydrogens (primary N) is 1. The van der Waals surface area contributed by atoms with E-state index in [4.69, 9.17) is 17.3 Å². The second-order valence-corrected chi connectivity index (χ2v) is 5.97. The lowest BCUT2D eigenvalue weighted by Crippen LogP contribution is -1.86. The number of aromatic nitrogens is 1. The highest BCUT2D eigenvalue weighted by Crippen LogP contribution is 2.35. The number of benzene rings is 1. The van der Waals surface area contributed by atoms with Gasteiger partial charge in [0.15, 0.2) is 0 Å². The average molecular weight is 293 g/mol. The molecule has 2 nitrogen and oxygen atoms in total. The lowest BCUT2D eigenvalue weighted by Gasteiger charge is -2.01. The van der Waals surface area contributed by atoms with E-state index in [1.165, 1.54) is 0 Å². The summed E-state index contributed by atoms with van der Waals surface area (Å²) in [5.74, 6) is 0. The van der Waals surface area contributed by atoms with Gasteiger partial charge in [-0.1, -0.05) is 17.7 Å². The molecule has 0 fully saturated rings. The number of halogens is 1. The number of hydrogen-bond acceptors (Lipinski definition) is 4. The van der Waals surface area contributed by atoms with Crippen molar-refractivity contribution in [3.05, 3.63) is 46.1 Å². The van der Waals surface area contributed by atoms with Crippen LogP contribution in [0.5, 0.6) is 0 Å². The van der Waals surface area contributed by atoms with E-state index in [1.54, 1.807) is 34.8 Å². The quantitative estimate of drug-likeness (QED) is 0.691. The summed E-state index contributed by atoms with van der Waals surface area (Å²) in [6, 6.07) is 9.54. The van der Waals surface area contributed by atoms with Crippen LogP contribution in [0.1, 0.15) is 0 Å². The Labute approximate surface area is 118 Å². The summed E-state index contributed by atoms with van der Waals surface area (Å²) in [7, 11) is 0. The lowest BCUT2D eigenvalue weighted by atomic mass is 10.2. The molecule has 0 saturated carbocycles. The van der Waals surface area contributed by atoms with Crippen LogP contribution in [-0.4, -0.2) is 4.98 Å². The topological polar surface area (TPSA) is 38.9 Å². The van der Waals surface area contributed by atoms with Gasteiger partial charge >= 0.3 is 0 Å². The molecule has 3 rings (SSSR count). The third-order valence-electron chi connectivity index (χ3n) is 2.50. The fraction of sp³-hybridized carbons (Fsp3) is 0. The van der Waals surface area contributed by atoms with Crippen molar-refractivity contribution in [2.75, 3.05) is 5.73 Å². The Kier molecular flexibility index (Phi) is 3.07. The van der Waals surface area contributed by atoms with Crippen molar-refractivity contribution in [3.63, 3.8) is 0 Å². The summed E-state index contributed by atoms with van der Waals surface area (Å²) in [6.07, 6.45) is 0. The number of hydrogen-bond donors (Lipinski definition) is 1. The van der Waals surface area contributed by atoms with Crippen LogP contribution in [0.4, 0.5) is 5.69 Å². The Morgan fingerprint density at radius 2 is 2.06 bits per heavy atom. The first-order valence-corrected chi connectivity index (χ1v) is 7.42. The van der Waals surface area contributed by atoms with E-state index in [2.05, 4.69) is 11.1 Å². The third kappa shape index (κ3) is 2.14. The van der Waals surface area contributed by atoms with Gasteiger partial charge in [0.05, 0.1) is 15.6 Å². The molecular weight excluding hydrogens is 284 g/mol. The van der Waals surface area contributed by atoms with Crippen LogP contribution >= 0.6 is 34.3 Å². The highest BCUT2D eigenvalue weighted by molar-refractivity contribution is 7.15. The molecule has 3 aromatic rings. The molecule has 2 aromatic heterocycles. The van der Waals surface area contributed by atoms with E-state index >= 15 is 0 Å². The normalized spacial score (nSPS) is 10.7. The van der Waals surface area contributed by atoms with Gasteiger partial charge in [-0.05, 0) is 29.6 Å². The van der Waals surface area contributed by atoms with Gasteiger partial charge in [-0.3, -0.25) is 0 Å². The van der Waals surface area contributed by atoms with Crippen LogP contribution in [-0.2, 0) is 0 Å². The zero-order chi connectivity index (χ0) is 12.5. The van der Waals surface area contributed by atoms with Crippen LogP contribution < -0.4 is 5.73 Å². The monoisotopic (exact) mass is 292 g/mol. The van der Waals surface area contributed by atoms with E-state index in [1.807, 2.05) is 22.9 Å². The number of rotatable bonds is 2. The summed E-state index contributed by atoms with van der Waals surface area (Å²) in [5, 5.41) is 5.66. The van der Waals surface area contributed by atoms with Gasteiger partial charge in [0.1, 0.15) is 5.01 Å². The fourth-order valence-electron chi connectivity index (χ4n) is 1.64. The largest absolute Gasteiger partial charge is 0.399 e. The zero-order valence-electron chi connectivity index (χ0n) is 9.26. The van der Waals surface area contributed by atoms with Gasteiger partial charge < -0.3 is 5.73 Å². The van der Waals surface area contributed by atoms with Gasteiger partial charge in [0.25, 0.3) is 0 Å². The molecule has 0 saturated heterocycles. The molecule has 5 heteroatoms.